The van der Waals surface area contributed by atoms with Crippen LogP contribution < -0.4 is 0 Å². The van der Waals surface area contributed by atoms with Crippen LogP contribution in [0.15, 0.2) is 0 Å². The number of hydrogen-bond acceptors (Lipinski definition) is 6. The molecule has 0 radical (unpaired) electrons. The van der Waals surface area contributed by atoms with Gasteiger partial charge in [-0.05, 0) is 12.8 Å². The van der Waals surface area contributed by atoms with Crippen LogP contribution in [0, 0.1) is 5.92 Å². The van der Waals surface area contributed by atoms with Gasteiger partial charge in [0, 0.05) is 13.8 Å². The summed E-state index contributed by atoms with van der Waals surface area (Å²) in [7, 11) is 0. The lowest BCUT2D eigenvalue weighted by atomic mass is 9.98. The molecule has 0 saturated carbocycles. The first-order chi connectivity index (χ1) is 9.90. The minimum atomic E-state index is -0.762. The second-order valence-corrected chi connectivity index (χ2v) is 4.94. The van der Waals surface area contributed by atoms with Gasteiger partial charge in [0.25, 0.3) is 0 Å². The van der Waals surface area contributed by atoms with Crippen LogP contribution >= 0.6 is 0 Å². The third-order valence-corrected chi connectivity index (χ3v) is 2.84. The summed E-state index contributed by atoms with van der Waals surface area (Å²) >= 11 is 0. The van der Waals surface area contributed by atoms with Crippen molar-refractivity contribution in [1.82, 2.24) is 0 Å². The lowest BCUT2D eigenvalue weighted by Gasteiger charge is -2.21. The highest BCUT2D eigenvalue weighted by Gasteiger charge is 2.23. The van der Waals surface area contributed by atoms with Crippen LogP contribution in [-0.2, 0) is 28.6 Å². The Morgan fingerprint density at radius 2 is 1.29 bits per heavy atom. The molecule has 6 heteroatoms. The average Bonchev–Trinajstić information content (AvgIpc) is 2.41. The molecule has 0 rings (SSSR count). The van der Waals surface area contributed by atoms with Gasteiger partial charge in [-0.3, -0.25) is 14.4 Å². The van der Waals surface area contributed by atoms with Gasteiger partial charge in [0.2, 0.25) is 0 Å². The van der Waals surface area contributed by atoms with E-state index in [1.807, 2.05) is 13.8 Å². The van der Waals surface area contributed by atoms with Crippen LogP contribution in [0.25, 0.3) is 0 Å². The third-order valence-electron chi connectivity index (χ3n) is 2.84. The Morgan fingerprint density at radius 3 is 1.62 bits per heavy atom. The van der Waals surface area contributed by atoms with Crippen molar-refractivity contribution < 1.29 is 28.6 Å². The first kappa shape index (κ1) is 19.4. The third kappa shape index (κ3) is 9.87. The number of esters is 3. The minimum absolute atomic E-state index is 0.112. The molecule has 0 aliphatic rings. The summed E-state index contributed by atoms with van der Waals surface area (Å²) in [6.07, 6.45) is 2.51. The van der Waals surface area contributed by atoms with E-state index < -0.39 is 18.0 Å². The largest absolute Gasteiger partial charge is 0.462 e. The topological polar surface area (TPSA) is 78.9 Å². The van der Waals surface area contributed by atoms with Crippen molar-refractivity contribution in [3.8, 4) is 0 Å². The summed E-state index contributed by atoms with van der Waals surface area (Å²) in [6, 6.07) is 0. The fourth-order valence-electron chi connectivity index (χ4n) is 1.87. The number of rotatable bonds is 10. The van der Waals surface area contributed by atoms with Gasteiger partial charge in [0.15, 0.2) is 6.10 Å². The predicted octanol–water partition coefficient (Wildman–Crippen LogP) is 2.24. The summed E-state index contributed by atoms with van der Waals surface area (Å²) in [4.78, 5) is 33.8. The Balaban J connectivity index is 4.54. The van der Waals surface area contributed by atoms with Crippen molar-refractivity contribution >= 4 is 17.9 Å². The van der Waals surface area contributed by atoms with Crippen LogP contribution in [0.3, 0.4) is 0 Å². The van der Waals surface area contributed by atoms with Gasteiger partial charge in [-0.1, -0.05) is 26.7 Å². The molecule has 0 saturated heterocycles. The highest BCUT2D eigenvalue weighted by Crippen LogP contribution is 2.16. The maximum absolute atomic E-state index is 12.1. The fraction of sp³-hybridized carbons (Fsp3) is 0.800. The van der Waals surface area contributed by atoms with Crippen LogP contribution in [0.5, 0.6) is 0 Å². The molecule has 0 aromatic rings. The SMILES string of the molecule is CCCC(CCC)C(=O)OC(COC(C)=O)COC(C)=O. The molecule has 122 valence electrons. The summed E-state index contributed by atoms with van der Waals surface area (Å²) in [5, 5.41) is 0. The second kappa shape index (κ2) is 11.1. The van der Waals surface area contributed by atoms with Gasteiger partial charge >= 0.3 is 17.9 Å². The smallest absolute Gasteiger partial charge is 0.309 e. The van der Waals surface area contributed by atoms with Crippen molar-refractivity contribution in [2.75, 3.05) is 13.2 Å². The van der Waals surface area contributed by atoms with E-state index in [4.69, 9.17) is 14.2 Å². The number of ether oxygens (including phenoxy) is 3. The van der Waals surface area contributed by atoms with E-state index in [9.17, 15) is 14.4 Å². The molecule has 0 amide bonds. The molecular formula is C15H26O6. The van der Waals surface area contributed by atoms with E-state index in [1.54, 1.807) is 0 Å². The fourth-order valence-corrected chi connectivity index (χ4v) is 1.87. The van der Waals surface area contributed by atoms with Gasteiger partial charge in [-0.15, -0.1) is 0 Å². The van der Waals surface area contributed by atoms with E-state index in [1.165, 1.54) is 13.8 Å². The molecule has 0 bridgehead atoms. The Hall–Kier alpha value is -1.59. The zero-order chi connectivity index (χ0) is 16.3. The van der Waals surface area contributed by atoms with Crippen molar-refractivity contribution in [3.05, 3.63) is 0 Å². The second-order valence-electron chi connectivity index (χ2n) is 4.94. The molecule has 0 unspecified atom stereocenters. The lowest BCUT2D eigenvalue weighted by Crippen LogP contribution is -2.32. The van der Waals surface area contributed by atoms with E-state index in [0.29, 0.717) is 0 Å². The van der Waals surface area contributed by atoms with Crippen molar-refractivity contribution in [2.24, 2.45) is 5.92 Å². The van der Waals surface area contributed by atoms with Crippen LogP contribution in [0.2, 0.25) is 0 Å². The van der Waals surface area contributed by atoms with Crippen molar-refractivity contribution in [2.45, 2.75) is 59.5 Å². The van der Waals surface area contributed by atoms with E-state index >= 15 is 0 Å². The first-order valence-corrected chi connectivity index (χ1v) is 7.37. The van der Waals surface area contributed by atoms with Crippen molar-refractivity contribution in [1.29, 1.82) is 0 Å². The lowest BCUT2D eigenvalue weighted by molar-refractivity contribution is -0.169. The van der Waals surface area contributed by atoms with Gasteiger partial charge in [0.05, 0.1) is 5.92 Å². The molecule has 6 nitrogen and oxygen atoms in total. The highest BCUT2D eigenvalue weighted by atomic mass is 16.6. The normalized spacial score (nSPS) is 10.6. The molecule has 0 aliphatic carbocycles. The maximum Gasteiger partial charge on any atom is 0.309 e. The monoisotopic (exact) mass is 302 g/mol. The minimum Gasteiger partial charge on any atom is -0.462 e. The summed E-state index contributed by atoms with van der Waals surface area (Å²) in [6.45, 7) is 6.32. The highest BCUT2D eigenvalue weighted by molar-refractivity contribution is 5.72. The zero-order valence-corrected chi connectivity index (χ0v) is 13.3. The molecule has 0 aliphatic heterocycles. The van der Waals surface area contributed by atoms with Gasteiger partial charge in [-0.2, -0.15) is 0 Å². The van der Waals surface area contributed by atoms with E-state index in [-0.39, 0.29) is 25.1 Å². The Kier molecular flexibility index (Phi) is 10.3. The van der Waals surface area contributed by atoms with Crippen LogP contribution in [0.4, 0.5) is 0 Å². The number of carbonyl (C=O) groups is 3. The van der Waals surface area contributed by atoms with Gasteiger partial charge < -0.3 is 14.2 Å². The first-order valence-electron chi connectivity index (χ1n) is 7.37. The molecular weight excluding hydrogens is 276 g/mol. The Morgan fingerprint density at radius 1 is 0.857 bits per heavy atom. The summed E-state index contributed by atoms with van der Waals surface area (Å²) in [5.74, 6) is -1.45. The summed E-state index contributed by atoms with van der Waals surface area (Å²) in [5.41, 5.74) is 0. The molecule has 0 atom stereocenters. The molecule has 0 spiro atoms. The molecule has 0 fully saturated rings. The van der Waals surface area contributed by atoms with Gasteiger partial charge in [-0.25, -0.2) is 0 Å². The van der Waals surface area contributed by atoms with E-state index in [2.05, 4.69) is 0 Å². The standard InChI is InChI=1S/C15H26O6/c1-5-7-13(8-6-2)15(18)21-14(9-19-11(3)16)10-20-12(4)17/h13-14H,5-10H2,1-4H3. The quantitative estimate of drug-likeness (QED) is 0.455. The zero-order valence-electron chi connectivity index (χ0n) is 13.3. The maximum atomic E-state index is 12.1. The van der Waals surface area contributed by atoms with Crippen LogP contribution in [-0.4, -0.2) is 37.2 Å². The predicted molar refractivity (Wildman–Crippen MR) is 76.5 cm³/mol. The van der Waals surface area contributed by atoms with Gasteiger partial charge in [0.1, 0.15) is 13.2 Å². The summed E-state index contributed by atoms with van der Waals surface area (Å²) < 4.78 is 15.0. The number of carbonyl (C=O) groups excluding carboxylic acids is 3. The van der Waals surface area contributed by atoms with Crippen LogP contribution in [0.1, 0.15) is 53.4 Å². The molecule has 0 aromatic carbocycles. The van der Waals surface area contributed by atoms with E-state index in [0.717, 1.165) is 25.7 Å². The molecule has 0 N–H and O–H groups in total. The molecule has 21 heavy (non-hydrogen) atoms. The molecule has 0 aromatic heterocycles. The Labute approximate surface area is 126 Å². The number of hydrogen-bond donors (Lipinski definition) is 0. The molecule has 0 heterocycles. The average molecular weight is 302 g/mol. The van der Waals surface area contributed by atoms with Crippen molar-refractivity contribution in [3.63, 3.8) is 0 Å². The Bertz CT molecular complexity index is 315.